The van der Waals surface area contributed by atoms with Crippen molar-refractivity contribution in [3.8, 4) is 11.1 Å². The summed E-state index contributed by atoms with van der Waals surface area (Å²) in [4.78, 5) is 1.59. The first-order chi connectivity index (χ1) is 22.7. The van der Waals surface area contributed by atoms with Gasteiger partial charge in [-0.2, -0.15) is 0 Å². The molecule has 0 amide bonds. The van der Waals surface area contributed by atoms with Crippen molar-refractivity contribution in [2.45, 2.75) is 61.7 Å². The molecule has 16 heteroatoms. The van der Waals surface area contributed by atoms with Crippen LogP contribution < -0.4 is 5.73 Å². The van der Waals surface area contributed by atoms with Gasteiger partial charge in [0, 0.05) is 33.3 Å². The summed E-state index contributed by atoms with van der Waals surface area (Å²) in [5.74, 6) is 0. The number of sulfone groups is 4. The minimum atomic E-state index is -3.87. The molecule has 262 valence electrons. The van der Waals surface area contributed by atoms with E-state index in [-0.39, 0.29) is 34.5 Å². The second-order valence-corrected chi connectivity index (χ2v) is 22.8. The van der Waals surface area contributed by atoms with Crippen LogP contribution in [0.3, 0.4) is 0 Å². The highest BCUT2D eigenvalue weighted by Gasteiger charge is 2.25. The zero-order chi connectivity index (χ0) is 36.5. The third kappa shape index (κ3) is 8.97. The summed E-state index contributed by atoms with van der Waals surface area (Å²) in [6, 6.07) is 20.5. The number of aryl methyl sites for hydroxylation is 3. The maximum atomic E-state index is 13.2. The molecule has 0 radical (unpaired) electrons. The SMILES string of the molecule is CCc1ccc(S(=O)(=O)c2cc(Br)cc(S(C)(=O)=O)c2)s1.Cc1cccc(C)c1-c1cc(S(C)(=O)=O)cc(S(=O)(=O)c2ccc(CN)s2)c1. The predicted octanol–water partition coefficient (Wildman–Crippen LogP) is 7.04. The van der Waals surface area contributed by atoms with Crippen molar-refractivity contribution in [2.75, 3.05) is 12.5 Å². The van der Waals surface area contributed by atoms with Crippen molar-refractivity contribution < 1.29 is 33.7 Å². The molecule has 3 aromatic carbocycles. The second-order valence-electron chi connectivity index (χ2n) is 11.1. The highest BCUT2D eigenvalue weighted by molar-refractivity contribution is 9.10. The van der Waals surface area contributed by atoms with E-state index in [0.717, 1.165) is 56.7 Å². The molecular formula is C33H34BrNO8S6. The molecule has 0 saturated heterocycles. The molecule has 49 heavy (non-hydrogen) atoms. The Balaban J connectivity index is 0.000000230. The minimum Gasteiger partial charge on any atom is -0.326 e. The zero-order valence-electron chi connectivity index (χ0n) is 27.1. The number of hydrogen-bond donors (Lipinski definition) is 1. The Morgan fingerprint density at radius 2 is 1.04 bits per heavy atom. The van der Waals surface area contributed by atoms with E-state index < -0.39 is 39.3 Å². The lowest BCUT2D eigenvalue weighted by Gasteiger charge is -2.13. The lowest BCUT2D eigenvalue weighted by Crippen LogP contribution is -2.05. The molecule has 0 aliphatic carbocycles. The fourth-order valence-corrected chi connectivity index (χ4v) is 12.6. The summed E-state index contributed by atoms with van der Waals surface area (Å²) < 4.78 is 100. The fourth-order valence-electron chi connectivity index (χ4n) is 4.80. The number of halogens is 1. The first kappa shape index (κ1) is 39.1. The number of rotatable bonds is 9. The maximum Gasteiger partial charge on any atom is 0.216 e. The van der Waals surface area contributed by atoms with Crippen molar-refractivity contribution in [1.82, 2.24) is 0 Å². The van der Waals surface area contributed by atoms with Crippen molar-refractivity contribution in [2.24, 2.45) is 5.73 Å². The maximum absolute atomic E-state index is 13.2. The standard InChI is InChI=1S/C20H21NO4S3.C13H13BrO4S3/c1-13-5-4-6-14(2)20(13)15-9-17(27(3,22)23)11-18(10-15)28(24,25)19-8-7-16(12-21)26-19;1-3-10-4-5-13(19-10)21(17,18)12-7-9(14)6-11(8-12)20(2,15)16/h4-11H,12,21H2,1-3H3;4-8H,3H2,1-2H3. The van der Waals surface area contributed by atoms with E-state index in [1.54, 1.807) is 24.3 Å². The van der Waals surface area contributed by atoms with Gasteiger partial charge in [-0.3, -0.25) is 0 Å². The highest BCUT2D eigenvalue weighted by Crippen LogP contribution is 2.35. The average molecular weight is 845 g/mol. The van der Waals surface area contributed by atoms with Gasteiger partial charge in [-0.15, -0.1) is 22.7 Å². The molecule has 0 atom stereocenters. The van der Waals surface area contributed by atoms with E-state index in [0.29, 0.717) is 10.0 Å². The molecule has 2 aromatic heterocycles. The molecule has 2 N–H and O–H groups in total. The number of hydrogen-bond acceptors (Lipinski definition) is 11. The van der Waals surface area contributed by atoms with E-state index in [2.05, 4.69) is 15.9 Å². The molecule has 0 saturated carbocycles. The first-order valence-electron chi connectivity index (χ1n) is 14.5. The molecule has 0 aliphatic rings. The van der Waals surface area contributed by atoms with E-state index in [9.17, 15) is 33.7 Å². The minimum absolute atomic E-state index is 0.0253. The summed E-state index contributed by atoms with van der Waals surface area (Å²) in [5.41, 5.74) is 8.87. The van der Waals surface area contributed by atoms with Crippen LogP contribution in [-0.4, -0.2) is 46.2 Å². The number of benzene rings is 3. The molecule has 0 spiro atoms. The molecule has 5 rings (SSSR count). The Labute approximate surface area is 304 Å². The summed E-state index contributed by atoms with van der Waals surface area (Å²) in [6.07, 6.45) is 2.88. The van der Waals surface area contributed by atoms with Crippen LogP contribution in [0.5, 0.6) is 0 Å². The predicted molar refractivity (Wildman–Crippen MR) is 199 cm³/mol. The lowest BCUT2D eigenvalue weighted by atomic mass is 9.96. The van der Waals surface area contributed by atoms with Gasteiger partial charge in [-0.25, -0.2) is 33.7 Å². The second kappa shape index (κ2) is 14.9. The lowest BCUT2D eigenvalue weighted by molar-refractivity contribution is 0.594. The van der Waals surface area contributed by atoms with Crippen LogP contribution in [0.4, 0.5) is 0 Å². The number of thiophene rings is 2. The molecule has 0 aliphatic heterocycles. The van der Waals surface area contributed by atoms with Crippen LogP contribution >= 0.6 is 38.6 Å². The molecule has 9 nitrogen and oxygen atoms in total. The zero-order valence-corrected chi connectivity index (χ0v) is 33.6. The van der Waals surface area contributed by atoms with Gasteiger partial charge in [0.1, 0.15) is 8.42 Å². The van der Waals surface area contributed by atoms with E-state index >= 15 is 0 Å². The normalized spacial score (nSPS) is 12.4. The Bertz CT molecular complexity index is 2460. The van der Waals surface area contributed by atoms with Gasteiger partial charge in [0.2, 0.25) is 19.7 Å². The average Bonchev–Trinajstić information content (AvgIpc) is 3.71. The van der Waals surface area contributed by atoms with Gasteiger partial charge in [0.05, 0.1) is 19.6 Å². The van der Waals surface area contributed by atoms with Gasteiger partial charge in [-0.05, 0) is 103 Å². The molecule has 0 bridgehead atoms. The van der Waals surface area contributed by atoms with E-state index in [4.69, 9.17) is 5.73 Å². The van der Waals surface area contributed by atoms with Crippen LogP contribution in [-0.2, 0) is 52.3 Å². The molecule has 0 fully saturated rings. The van der Waals surface area contributed by atoms with Gasteiger partial charge in [0.15, 0.2) is 19.7 Å². The van der Waals surface area contributed by atoms with Gasteiger partial charge in [-0.1, -0.05) is 41.1 Å². The van der Waals surface area contributed by atoms with Crippen molar-refractivity contribution in [3.05, 3.63) is 104 Å². The van der Waals surface area contributed by atoms with Crippen LogP contribution in [0.25, 0.3) is 11.1 Å². The van der Waals surface area contributed by atoms with Crippen LogP contribution in [0.1, 0.15) is 27.8 Å². The molecular weight excluding hydrogens is 811 g/mol. The Hall–Kier alpha value is -2.70. The van der Waals surface area contributed by atoms with Crippen LogP contribution in [0, 0.1) is 13.8 Å². The van der Waals surface area contributed by atoms with Crippen molar-refractivity contribution in [1.29, 1.82) is 0 Å². The quantitative estimate of drug-likeness (QED) is 0.164. The van der Waals surface area contributed by atoms with Gasteiger partial charge in [0.25, 0.3) is 0 Å². The fraction of sp³-hybridized carbons (Fsp3) is 0.212. The van der Waals surface area contributed by atoms with Crippen molar-refractivity contribution in [3.63, 3.8) is 0 Å². The summed E-state index contributed by atoms with van der Waals surface area (Å²) in [6.45, 7) is 6.02. The number of nitrogens with two attached hydrogens (primary N) is 1. The van der Waals surface area contributed by atoms with E-state index in [1.165, 1.54) is 47.7 Å². The summed E-state index contributed by atoms with van der Waals surface area (Å²) in [7, 11) is -14.7. The Kier molecular flexibility index (Phi) is 11.9. The van der Waals surface area contributed by atoms with Crippen LogP contribution in [0.15, 0.2) is 111 Å². The third-order valence-electron chi connectivity index (χ3n) is 7.32. The third-order valence-corrected chi connectivity index (χ3v) is 16.8. The first-order valence-corrected chi connectivity index (χ1v) is 23.7. The molecule has 5 aromatic rings. The van der Waals surface area contributed by atoms with Crippen molar-refractivity contribution >= 4 is 78.0 Å². The van der Waals surface area contributed by atoms with E-state index in [1.807, 2.05) is 39.0 Å². The topological polar surface area (TPSA) is 163 Å². The molecule has 0 unspecified atom stereocenters. The summed E-state index contributed by atoms with van der Waals surface area (Å²) >= 11 is 5.46. The largest absolute Gasteiger partial charge is 0.326 e. The highest BCUT2D eigenvalue weighted by atomic mass is 79.9. The Morgan fingerprint density at radius 3 is 1.49 bits per heavy atom. The Morgan fingerprint density at radius 1 is 0.612 bits per heavy atom. The smallest absolute Gasteiger partial charge is 0.216 e. The van der Waals surface area contributed by atoms with Crippen LogP contribution in [0.2, 0.25) is 0 Å². The van der Waals surface area contributed by atoms with Gasteiger partial charge >= 0.3 is 0 Å². The molecule has 2 heterocycles. The monoisotopic (exact) mass is 843 g/mol. The summed E-state index contributed by atoms with van der Waals surface area (Å²) in [5, 5.41) is 0. The van der Waals surface area contributed by atoms with Gasteiger partial charge < -0.3 is 5.73 Å².